The summed E-state index contributed by atoms with van der Waals surface area (Å²) in [7, 11) is 0. The number of hydrogen-bond acceptors (Lipinski definition) is 2. The molecule has 2 atom stereocenters. The average molecular weight is 375 g/mol. The molecular weight excluding hydrogens is 356 g/mol. The summed E-state index contributed by atoms with van der Waals surface area (Å²) in [6.45, 7) is 3.58. The number of carbonyl (C=O) groups is 2. The van der Waals surface area contributed by atoms with E-state index in [9.17, 15) is 9.59 Å². The van der Waals surface area contributed by atoms with Crippen LogP contribution in [0.25, 0.3) is 0 Å². The third-order valence-electron chi connectivity index (χ3n) is 3.48. The smallest absolute Gasteiger partial charge is 0.251 e. The van der Waals surface area contributed by atoms with Crippen molar-refractivity contribution in [3.63, 3.8) is 0 Å². The summed E-state index contributed by atoms with van der Waals surface area (Å²) in [5, 5.41) is 5.61. The molecule has 2 aromatic rings. The van der Waals surface area contributed by atoms with Crippen LogP contribution in [0.3, 0.4) is 0 Å². The van der Waals surface area contributed by atoms with Crippen molar-refractivity contribution in [2.24, 2.45) is 0 Å². The molecule has 5 heteroatoms. The van der Waals surface area contributed by atoms with Crippen LogP contribution in [-0.2, 0) is 4.79 Å². The first-order chi connectivity index (χ1) is 11.0. The molecule has 0 saturated heterocycles. The standard InChI is InChI=1S/C18H19BrN2O2/c1-12(15-9-6-10-16(19)11-15)20-17(22)13(2)21-18(23)14-7-4-3-5-8-14/h3-13H,1-2H3,(H,20,22)(H,21,23). The van der Waals surface area contributed by atoms with Crippen molar-refractivity contribution in [3.05, 3.63) is 70.2 Å². The van der Waals surface area contributed by atoms with Crippen LogP contribution >= 0.6 is 15.9 Å². The molecule has 2 unspecified atom stereocenters. The lowest BCUT2D eigenvalue weighted by Gasteiger charge is -2.19. The molecule has 0 bridgehead atoms. The monoisotopic (exact) mass is 374 g/mol. The molecule has 0 fully saturated rings. The lowest BCUT2D eigenvalue weighted by atomic mass is 10.1. The van der Waals surface area contributed by atoms with Gasteiger partial charge in [-0.1, -0.05) is 46.3 Å². The second-order valence-electron chi connectivity index (χ2n) is 5.35. The van der Waals surface area contributed by atoms with Gasteiger partial charge < -0.3 is 10.6 Å². The number of halogens is 1. The summed E-state index contributed by atoms with van der Waals surface area (Å²) < 4.78 is 0.960. The van der Waals surface area contributed by atoms with E-state index in [1.165, 1.54) is 0 Å². The highest BCUT2D eigenvalue weighted by atomic mass is 79.9. The first kappa shape index (κ1) is 17.2. The molecule has 0 aliphatic heterocycles. The predicted molar refractivity (Wildman–Crippen MR) is 94.1 cm³/mol. The Kier molecular flexibility index (Phi) is 5.93. The Morgan fingerprint density at radius 1 is 0.957 bits per heavy atom. The second kappa shape index (κ2) is 7.92. The Labute approximate surface area is 144 Å². The van der Waals surface area contributed by atoms with Gasteiger partial charge in [-0.15, -0.1) is 0 Å². The normalized spacial score (nSPS) is 13.0. The highest BCUT2D eigenvalue weighted by Crippen LogP contribution is 2.17. The molecule has 0 radical (unpaired) electrons. The second-order valence-corrected chi connectivity index (χ2v) is 6.26. The average Bonchev–Trinajstić information content (AvgIpc) is 2.55. The molecule has 2 N–H and O–H groups in total. The van der Waals surface area contributed by atoms with Gasteiger partial charge >= 0.3 is 0 Å². The van der Waals surface area contributed by atoms with E-state index in [0.29, 0.717) is 5.56 Å². The number of amides is 2. The fourth-order valence-corrected chi connectivity index (χ4v) is 2.55. The number of carbonyl (C=O) groups excluding carboxylic acids is 2. The summed E-state index contributed by atoms with van der Waals surface area (Å²) in [5.74, 6) is -0.481. The summed E-state index contributed by atoms with van der Waals surface area (Å²) in [5.41, 5.74) is 1.53. The van der Waals surface area contributed by atoms with Crippen molar-refractivity contribution < 1.29 is 9.59 Å². The Bertz CT molecular complexity index is 688. The Morgan fingerprint density at radius 2 is 1.65 bits per heavy atom. The van der Waals surface area contributed by atoms with Gasteiger partial charge in [-0.2, -0.15) is 0 Å². The van der Waals surface area contributed by atoms with E-state index in [1.54, 1.807) is 31.2 Å². The molecule has 0 aromatic heterocycles. The predicted octanol–water partition coefficient (Wildman–Crippen LogP) is 3.44. The minimum atomic E-state index is -0.614. The maximum absolute atomic E-state index is 12.2. The minimum Gasteiger partial charge on any atom is -0.348 e. The van der Waals surface area contributed by atoms with Crippen molar-refractivity contribution in [2.75, 3.05) is 0 Å². The molecule has 4 nitrogen and oxygen atoms in total. The maximum atomic E-state index is 12.2. The molecule has 120 valence electrons. The zero-order valence-electron chi connectivity index (χ0n) is 13.0. The van der Waals surface area contributed by atoms with Gasteiger partial charge in [0, 0.05) is 10.0 Å². The van der Waals surface area contributed by atoms with Crippen molar-refractivity contribution in [1.29, 1.82) is 0 Å². The third kappa shape index (κ3) is 4.93. The van der Waals surface area contributed by atoms with Crippen molar-refractivity contribution in [3.8, 4) is 0 Å². The van der Waals surface area contributed by atoms with E-state index in [-0.39, 0.29) is 17.9 Å². The zero-order valence-corrected chi connectivity index (χ0v) is 14.6. The van der Waals surface area contributed by atoms with E-state index < -0.39 is 6.04 Å². The molecule has 0 heterocycles. The molecule has 2 rings (SSSR count). The minimum absolute atomic E-state index is 0.143. The van der Waals surface area contributed by atoms with E-state index in [0.717, 1.165) is 10.0 Å². The third-order valence-corrected chi connectivity index (χ3v) is 3.98. The van der Waals surface area contributed by atoms with Gasteiger partial charge in [0.15, 0.2) is 0 Å². The number of hydrogen-bond donors (Lipinski definition) is 2. The van der Waals surface area contributed by atoms with Crippen molar-refractivity contribution >= 4 is 27.7 Å². The largest absolute Gasteiger partial charge is 0.348 e. The Balaban J connectivity index is 1.93. The summed E-state index contributed by atoms with van der Waals surface area (Å²) in [6.07, 6.45) is 0. The van der Waals surface area contributed by atoms with E-state index >= 15 is 0 Å². The molecule has 0 aliphatic rings. The van der Waals surface area contributed by atoms with Crippen LogP contribution in [0.1, 0.15) is 35.8 Å². The van der Waals surface area contributed by atoms with Gasteiger partial charge in [-0.3, -0.25) is 9.59 Å². The summed E-state index contributed by atoms with van der Waals surface area (Å²) in [4.78, 5) is 24.3. The number of nitrogens with one attached hydrogen (secondary N) is 2. The van der Waals surface area contributed by atoms with Crippen LogP contribution < -0.4 is 10.6 Å². The van der Waals surface area contributed by atoms with Crippen LogP contribution in [0.15, 0.2) is 59.1 Å². The Hall–Kier alpha value is -2.14. The van der Waals surface area contributed by atoms with Gasteiger partial charge in [0.05, 0.1) is 6.04 Å². The fourth-order valence-electron chi connectivity index (χ4n) is 2.13. The van der Waals surface area contributed by atoms with Crippen molar-refractivity contribution in [1.82, 2.24) is 10.6 Å². The maximum Gasteiger partial charge on any atom is 0.251 e. The van der Waals surface area contributed by atoms with E-state index in [4.69, 9.17) is 0 Å². The molecule has 2 aromatic carbocycles. The SMILES string of the molecule is CC(NC(=O)c1ccccc1)C(=O)NC(C)c1cccc(Br)c1. The van der Waals surface area contributed by atoms with E-state index in [1.807, 2.05) is 37.3 Å². The highest BCUT2D eigenvalue weighted by molar-refractivity contribution is 9.10. The summed E-state index contributed by atoms with van der Waals surface area (Å²) >= 11 is 3.41. The quantitative estimate of drug-likeness (QED) is 0.841. The lowest BCUT2D eigenvalue weighted by molar-refractivity contribution is -0.123. The molecule has 0 spiro atoms. The zero-order chi connectivity index (χ0) is 16.8. The van der Waals surface area contributed by atoms with Gasteiger partial charge in [0.2, 0.25) is 5.91 Å². The fraction of sp³-hybridized carbons (Fsp3) is 0.222. The molecule has 0 saturated carbocycles. The molecule has 0 aliphatic carbocycles. The Morgan fingerprint density at radius 3 is 2.30 bits per heavy atom. The van der Waals surface area contributed by atoms with Crippen LogP contribution in [0, 0.1) is 0 Å². The van der Waals surface area contributed by atoms with Gasteiger partial charge in [0.1, 0.15) is 6.04 Å². The highest BCUT2D eigenvalue weighted by Gasteiger charge is 2.18. The van der Waals surface area contributed by atoms with Crippen LogP contribution in [-0.4, -0.2) is 17.9 Å². The molecular formula is C18H19BrN2O2. The van der Waals surface area contributed by atoms with Gasteiger partial charge in [-0.05, 0) is 43.7 Å². The number of rotatable bonds is 5. The molecule has 23 heavy (non-hydrogen) atoms. The summed E-state index contributed by atoms with van der Waals surface area (Å²) in [6, 6.07) is 15.8. The van der Waals surface area contributed by atoms with Crippen LogP contribution in [0.2, 0.25) is 0 Å². The van der Waals surface area contributed by atoms with Crippen LogP contribution in [0.5, 0.6) is 0 Å². The molecule has 2 amide bonds. The van der Waals surface area contributed by atoms with Gasteiger partial charge in [0.25, 0.3) is 5.91 Å². The first-order valence-electron chi connectivity index (χ1n) is 7.39. The van der Waals surface area contributed by atoms with E-state index in [2.05, 4.69) is 26.6 Å². The van der Waals surface area contributed by atoms with Crippen LogP contribution in [0.4, 0.5) is 0 Å². The van der Waals surface area contributed by atoms with Crippen molar-refractivity contribution in [2.45, 2.75) is 25.9 Å². The first-order valence-corrected chi connectivity index (χ1v) is 8.18. The van der Waals surface area contributed by atoms with Gasteiger partial charge in [-0.25, -0.2) is 0 Å². The lowest BCUT2D eigenvalue weighted by Crippen LogP contribution is -2.45. The number of benzene rings is 2. The topological polar surface area (TPSA) is 58.2 Å².